The molecule has 7 nitrogen and oxygen atoms in total. The lowest BCUT2D eigenvalue weighted by Gasteiger charge is -2.25. The number of alkyl halides is 3. The number of rotatable bonds is 10. The summed E-state index contributed by atoms with van der Waals surface area (Å²) in [4.78, 5) is 2.24. The molecular weight excluding hydrogens is 607 g/mol. The molecule has 0 bridgehead atoms. The molecule has 6 rings (SSSR count). The van der Waals surface area contributed by atoms with E-state index in [1.807, 2.05) is 24.3 Å². The molecule has 0 fully saturated rings. The number of nitrogens with zero attached hydrogens (tertiary/aromatic N) is 5. The number of anilines is 5. The molecule has 6 aromatic rings. The van der Waals surface area contributed by atoms with Crippen LogP contribution >= 0.6 is 11.3 Å². The SMILES string of the molecule is CCC(C)Nc1ccc(N(C)c2ccc(Nc3ccc(N=Nc4nnc(CC(F)(F)F)s4)cc3)c3ccccc23)c2ccccc12. The summed E-state index contributed by atoms with van der Waals surface area (Å²) in [6, 6.07) is 33.0. The Hall–Kier alpha value is -5.03. The number of hydrogen-bond donors (Lipinski definition) is 2. The van der Waals surface area contributed by atoms with Gasteiger partial charge in [0.15, 0.2) is 0 Å². The Kier molecular flexibility index (Phi) is 8.85. The first-order valence-corrected chi connectivity index (χ1v) is 15.7. The van der Waals surface area contributed by atoms with E-state index in [2.05, 4.69) is 118 Å². The third-order valence-electron chi connectivity index (χ3n) is 7.74. The standard InChI is InChI=1S/C35H32F3N7S/c1-4-22(2)39-29-17-19-31(27-11-7-5-9-25(27)29)45(3)32-20-18-30(26-10-6-8-12-28(26)32)40-23-13-15-24(16-14-23)41-43-34-44-42-33(46-34)21-35(36,37)38/h5-20,22,39-40H,4,21H2,1-3H3. The minimum atomic E-state index is -4.34. The summed E-state index contributed by atoms with van der Waals surface area (Å²) in [5, 5.41) is 26.9. The molecule has 11 heteroatoms. The van der Waals surface area contributed by atoms with Gasteiger partial charge in [0, 0.05) is 63.1 Å². The third kappa shape index (κ3) is 6.94. The fourth-order valence-electron chi connectivity index (χ4n) is 5.28. The van der Waals surface area contributed by atoms with E-state index in [4.69, 9.17) is 0 Å². The van der Waals surface area contributed by atoms with Crippen LogP contribution in [0.15, 0.2) is 107 Å². The van der Waals surface area contributed by atoms with E-state index in [1.165, 1.54) is 10.8 Å². The molecule has 5 aromatic carbocycles. The van der Waals surface area contributed by atoms with Gasteiger partial charge in [0.2, 0.25) is 0 Å². The van der Waals surface area contributed by atoms with Gasteiger partial charge >= 0.3 is 6.18 Å². The Bertz CT molecular complexity index is 2000. The molecule has 2 N–H and O–H groups in total. The van der Waals surface area contributed by atoms with E-state index in [1.54, 1.807) is 12.1 Å². The van der Waals surface area contributed by atoms with Crippen molar-refractivity contribution in [3.05, 3.63) is 102 Å². The summed E-state index contributed by atoms with van der Waals surface area (Å²) in [5.41, 5.74) is 5.67. The van der Waals surface area contributed by atoms with Gasteiger partial charge in [0.1, 0.15) is 5.01 Å². The van der Waals surface area contributed by atoms with Gasteiger partial charge in [-0.1, -0.05) is 66.8 Å². The van der Waals surface area contributed by atoms with Crippen LogP contribution in [0, 0.1) is 0 Å². The molecule has 0 aliphatic carbocycles. The van der Waals surface area contributed by atoms with Crippen LogP contribution in [-0.4, -0.2) is 29.5 Å². The predicted octanol–water partition coefficient (Wildman–Crippen LogP) is 11.1. The summed E-state index contributed by atoms with van der Waals surface area (Å²) in [7, 11) is 2.10. The second-order valence-corrected chi connectivity index (χ2v) is 12.1. The monoisotopic (exact) mass is 639 g/mol. The van der Waals surface area contributed by atoms with E-state index in [9.17, 15) is 13.2 Å². The van der Waals surface area contributed by atoms with Crippen molar-refractivity contribution in [2.24, 2.45) is 10.2 Å². The van der Waals surface area contributed by atoms with Gasteiger partial charge in [-0.2, -0.15) is 13.2 Å². The number of azo groups is 1. The minimum absolute atomic E-state index is 0.0738. The molecule has 0 aliphatic heterocycles. The summed E-state index contributed by atoms with van der Waals surface area (Å²) in [6.45, 7) is 4.38. The Morgan fingerprint density at radius 1 is 0.761 bits per heavy atom. The van der Waals surface area contributed by atoms with Crippen LogP contribution in [0.5, 0.6) is 0 Å². The zero-order valence-electron chi connectivity index (χ0n) is 25.5. The molecule has 0 spiro atoms. The quantitative estimate of drug-likeness (QED) is 0.146. The average molecular weight is 640 g/mol. The van der Waals surface area contributed by atoms with Crippen LogP contribution in [0.25, 0.3) is 21.5 Å². The van der Waals surface area contributed by atoms with Crippen molar-refractivity contribution in [1.82, 2.24) is 10.2 Å². The minimum Gasteiger partial charge on any atom is -0.382 e. The first kappa shape index (κ1) is 31.0. The van der Waals surface area contributed by atoms with Crippen molar-refractivity contribution in [3.8, 4) is 0 Å². The zero-order valence-corrected chi connectivity index (χ0v) is 26.3. The van der Waals surface area contributed by atoms with Crippen LogP contribution in [0.1, 0.15) is 25.3 Å². The summed E-state index contributed by atoms with van der Waals surface area (Å²) in [5.74, 6) is 0. The second kappa shape index (κ2) is 13.1. The maximum atomic E-state index is 12.6. The normalized spacial score (nSPS) is 12.6. The maximum Gasteiger partial charge on any atom is 0.395 e. The zero-order chi connectivity index (χ0) is 32.3. The van der Waals surface area contributed by atoms with Crippen molar-refractivity contribution >= 4 is 72.1 Å². The van der Waals surface area contributed by atoms with Gasteiger partial charge in [0.25, 0.3) is 5.13 Å². The lowest BCUT2D eigenvalue weighted by molar-refractivity contribution is -0.127. The first-order valence-electron chi connectivity index (χ1n) is 14.9. The van der Waals surface area contributed by atoms with Crippen molar-refractivity contribution in [3.63, 3.8) is 0 Å². The third-order valence-corrected chi connectivity index (χ3v) is 8.55. The highest BCUT2D eigenvalue weighted by Crippen LogP contribution is 2.40. The van der Waals surface area contributed by atoms with Crippen LogP contribution < -0.4 is 15.5 Å². The van der Waals surface area contributed by atoms with E-state index in [0.717, 1.165) is 57.0 Å². The van der Waals surface area contributed by atoms with Crippen molar-refractivity contribution in [2.75, 3.05) is 22.6 Å². The number of hydrogen-bond acceptors (Lipinski definition) is 8. The molecule has 1 atom stereocenters. The van der Waals surface area contributed by atoms with E-state index < -0.39 is 12.6 Å². The van der Waals surface area contributed by atoms with Gasteiger partial charge in [-0.25, -0.2) is 0 Å². The second-order valence-electron chi connectivity index (χ2n) is 11.0. The summed E-state index contributed by atoms with van der Waals surface area (Å²) in [6.07, 6.45) is -4.43. The maximum absolute atomic E-state index is 12.6. The molecule has 1 unspecified atom stereocenters. The van der Waals surface area contributed by atoms with Crippen molar-refractivity contribution < 1.29 is 13.2 Å². The van der Waals surface area contributed by atoms with Gasteiger partial charge in [-0.15, -0.1) is 20.4 Å². The van der Waals surface area contributed by atoms with Crippen LogP contribution in [0.3, 0.4) is 0 Å². The predicted molar refractivity (Wildman–Crippen MR) is 183 cm³/mol. The van der Waals surface area contributed by atoms with Gasteiger partial charge in [-0.05, 0) is 61.9 Å². The van der Waals surface area contributed by atoms with Crippen molar-refractivity contribution in [2.45, 2.75) is 38.9 Å². The fourth-order valence-corrected chi connectivity index (χ4v) is 5.97. The smallest absolute Gasteiger partial charge is 0.382 e. The van der Waals surface area contributed by atoms with Crippen LogP contribution in [-0.2, 0) is 6.42 Å². The molecule has 0 amide bonds. The number of aromatic nitrogens is 2. The Labute approximate surface area is 268 Å². The largest absolute Gasteiger partial charge is 0.395 e. The highest BCUT2D eigenvalue weighted by molar-refractivity contribution is 7.14. The Morgan fingerprint density at radius 2 is 1.35 bits per heavy atom. The van der Waals surface area contributed by atoms with Crippen LogP contribution in [0.4, 0.5) is 52.4 Å². The van der Waals surface area contributed by atoms with E-state index >= 15 is 0 Å². The topological polar surface area (TPSA) is 77.8 Å². The summed E-state index contributed by atoms with van der Waals surface area (Å²) >= 11 is 0.769. The molecular formula is C35H32F3N7S. The van der Waals surface area contributed by atoms with Crippen molar-refractivity contribution in [1.29, 1.82) is 0 Å². The Morgan fingerprint density at radius 3 is 1.96 bits per heavy atom. The highest BCUT2D eigenvalue weighted by Gasteiger charge is 2.30. The molecule has 0 radical (unpaired) electrons. The lowest BCUT2D eigenvalue weighted by atomic mass is 10.0. The number of halogens is 3. The molecule has 1 heterocycles. The lowest BCUT2D eigenvalue weighted by Crippen LogP contribution is -2.15. The van der Waals surface area contributed by atoms with E-state index in [-0.39, 0.29) is 10.1 Å². The summed E-state index contributed by atoms with van der Waals surface area (Å²) < 4.78 is 37.8. The van der Waals surface area contributed by atoms with Crippen LogP contribution in [0.2, 0.25) is 0 Å². The van der Waals surface area contributed by atoms with E-state index in [0.29, 0.717) is 11.7 Å². The highest BCUT2D eigenvalue weighted by atomic mass is 32.1. The number of nitrogens with one attached hydrogen (secondary N) is 2. The molecule has 1 aromatic heterocycles. The van der Waals surface area contributed by atoms with Gasteiger partial charge < -0.3 is 15.5 Å². The average Bonchev–Trinajstić information content (AvgIpc) is 3.50. The first-order chi connectivity index (χ1) is 22.2. The van der Waals surface area contributed by atoms with Gasteiger partial charge in [0.05, 0.1) is 12.1 Å². The molecule has 0 saturated heterocycles. The molecule has 46 heavy (non-hydrogen) atoms. The van der Waals surface area contributed by atoms with Gasteiger partial charge in [-0.3, -0.25) is 0 Å². The molecule has 0 saturated carbocycles. The molecule has 0 aliphatic rings. The number of fused-ring (bicyclic) bond motifs is 2. The number of benzene rings is 5. The Balaban J connectivity index is 1.23. The molecule has 234 valence electrons. The fraction of sp³-hybridized carbons (Fsp3) is 0.200.